The van der Waals surface area contributed by atoms with E-state index in [-0.39, 0.29) is 0 Å². The van der Waals surface area contributed by atoms with Crippen LogP contribution in [0.5, 0.6) is 5.75 Å². The van der Waals surface area contributed by atoms with Crippen molar-refractivity contribution in [3.63, 3.8) is 0 Å². The third kappa shape index (κ3) is 4.03. The molecule has 8 heteroatoms. The molecule has 2 aromatic heterocycles. The van der Waals surface area contributed by atoms with Gasteiger partial charge in [0.15, 0.2) is 0 Å². The van der Waals surface area contributed by atoms with E-state index in [0.29, 0.717) is 21.4 Å². The van der Waals surface area contributed by atoms with Crippen LogP contribution in [-0.4, -0.2) is 43.5 Å². The summed E-state index contributed by atoms with van der Waals surface area (Å²) in [5, 5.41) is 2.31. The highest BCUT2D eigenvalue weighted by Gasteiger charge is 2.25. The first-order valence-corrected chi connectivity index (χ1v) is 13.5. The summed E-state index contributed by atoms with van der Waals surface area (Å²) < 4.78 is 35.6. The Morgan fingerprint density at radius 3 is 2.69 bits per heavy atom. The van der Waals surface area contributed by atoms with E-state index in [9.17, 15) is 8.42 Å². The van der Waals surface area contributed by atoms with Crippen molar-refractivity contribution in [2.45, 2.75) is 30.4 Å². The van der Waals surface area contributed by atoms with Crippen molar-refractivity contribution >= 4 is 54.0 Å². The molecule has 1 aliphatic heterocycles. The fourth-order valence-corrected chi connectivity index (χ4v) is 7.72. The van der Waals surface area contributed by atoms with Gasteiger partial charge in [0.25, 0.3) is 10.0 Å². The second-order valence-electron chi connectivity index (χ2n) is 8.24. The molecule has 1 fully saturated rings. The second-order valence-corrected chi connectivity index (χ2v) is 11.7. The number of hydrogen-bond donors (Lipinski definition) is 0. The van der Waals surface area contributed by atoms with Crippen molar-refractivity contribution in [1.29, 1.82) is 0 Å². The Labute approximate surface area is 197 Å². The third-order valence-electron chi connectivity index (χ3n) is 6.10. The molecule has 2 aromatic carbocycles. The molecule has 0 aliphatic carbocycles. The summed E-state index contributed by atoms with van der Waals surface area (Å²) in [6.45, 7) is 5.68. The Kier molecular flexibility index (Phi) is 5.92. The maximum Gasteiger partial charge on any atom is 0.277 e. The van der Waals surface area contributed by atoms with E-state index < -0.39 is 10.0 Å². The number of aromatic nitrogens is 1. The normalized spacial score (nSPS) is 15.6. The number of likely N-dealkylation sites (tertiary alicyclic amines) is 1. The first-order chi connectivity index (χ1) is 15.4. The van der Waals surface area contributed by atoms with E-state index in [2.05, 4.69) is 4.90 Å². The lowest BCUT2D eigenvalue weighted by atomic mass is 10.1. The van der Waals surface area contributed by atoms with Gasteiger partial charge in [-0.2, -0.15) is 8.42 Å². The van der Waals surface area contributed by atoms with Crippen molar-refractivity contribution in [2.24, 2.45) is 0 Å². The van der Waals surface area contributed by atoms with E-state index in [4.69, 9.17) is 16.3 Å². The van der Waals surface area contributed by atoms with Gasteiger partial charge in [0, 0.05) is 27.9 Å². The van der Waals surface area contributed by atoms with Gasteiger partial charge in [-0.15, -0.1) is 11.3 Å². The van der Waals surface area contributed by atoms with Gasteiger partial charge in [0.2, 0.25) is 0 Å². The number of thiophene rings is 1. The molecule has 168 valence electrons. The van der Waals surface area contributed by atoms with E-state index >= 15 is 0 Å². The zero-order valence-corrected chi connectivity index (χ0v) is 20.3. The molecule has 5 nitrogen and oxygen atoms in total. The van der Waals surface area contributed by atoms with Crippen LogP contribution in [0.25, 0.3) is 21.0 Å². The summed E-state index contributed by atoms with van der Waals surface area (Å²) in [5.41, 5.74) is 1.37. The fraction of sp³-hybridized carbons (Fsp3) is 0.333. The number of piperidine rings is 1. The van der Waals surface area contributed by atoms with Crippen LogP contribution < -0.4 is 4.74 Å². The molecule has 0 saturated carbocycles. The lowest BCUT2D eigenvalue weighted by Gasteiger charge is -2.26. The SMILES string of the molecule is Cc1c(S(=O)(=O)n2ccc3cc(OCCN4CCCCC4)ccc32)sc2ccc(Cl)cc12. The summed E-state index contributed by atoms with van der Waals surface area (Å²) >= 11 is 7.40. The molecule has 0 bridgehead atoms. The fourth-order valence-electron chi connectivity index (χ4n) is 4.38. The molecule has 0 N–H and O–H groups in total. The quantitative estimate of drug-likeness (QED) is 0.338. The number of hydrogen-bond acceptors (Lipinski definition) is 5. The molecule has 0 spiro atoms. The minimum atomic E-state index is -3.73. The summed E-state index contributed by atoms with van der Waals surface area (Å²) in [7, 11) is -3.73. The van der Waals surface area contributed by atoms with Crippen LogP contribution >= 0.6 is 22.9 Å². The maximum absolute atomic E-state index is 13.5. The van der Waals surface area contributed by atoms with Crippen LogP contribution in [0.3, 0.4) is 0 Å². The zero-order chi connectivity index (χ0) is 22.3. The first-order valence-electron chi connectivity index (χ1n) is 10.8. The number of benzene rings is 2. The lowest BCUT2D eigenvalue weighted by molar-refractivity contribution is 0.183. The molecular formula is C24H25ClN2O3S2. The van der Waals surface area contributed by atoms with Gasteiger partial charge in [-0.05, 0) is 86.3 Å². The average molecular weight is 489 g/mol. The zero-order valence-electron chi connectivity index (χ0n) is 17.9. The Balaban J connectivity index is 1.40. The van der Waals surface area contributed by atoms with E-state index in [1.54, 1.807) is 12.3 Å². The van der Waals surface area contributed by atoms with Gasteiger partial charge in [-0.1, -0.05) is 18.0 Å². The predicted octanol–water partition coefficient (Wildman–Crippen LogP) is 5.92. The Hall–Kier alpha value is -2.06. The van der Waals surface area contributed by atoms with Crippen molar-refractivity contribution in [3.8, 4) is 5.75 Å². The smallest absolute Gasteiger partial charge is 0.277 e. The van der Waals surface area contributed by atoms with Crippen molar-refractivity contribution in [1.82, 2.24) is 8.87 Å². The highest BCUT2D eigenvalue weighted by molar-refractivity contribution is 7.92. The van der Waals surface area contributed by atoms with E-state index in [1.807, 2.05) is 43.3 Å². The number of halogens is 1. The van der Waals surface area contributed by atoms with Crippen LogP contribution in [0.15, 0.2) is 52.9 Å². The van der Waals surface area contributed by atoms with Crippen molar-refractivity contribution in [2.75, 3.05) is 26.2 Å². The number of rotatable bonds is 6. The summed E-state index contributed by atoms with van der Waals surface area (Å²) in [6, 6.07) is 12.9. The number of nitrogens with zero attached hydrogens (tertiary/aromatic N) is 2. The number of ether oxygens (including phenoxy) is 1. The van der Waals surface area contributed by atoms with Crippen LogP contribution in [-0.2, 0) is 10.0 Å². The van der Waals surface area contributed by atoms with Gasteiger partial charge >= 0.3 is 0 Å². The topological polar surface area (TPSA) is 51.5 Å². The first kappa shape index (κ1) is 21.8. The summed E-state index contributed by atoms with van der Waals surface area (Å²) in [4.78, 5) is 2.44. The van der Waals surface area contributed by atoms with Crippen LogP contribution in [0.4, 0.5) is 0 Å². The Morgan fingerprint density at radius 1 is 1.06 bits per heavy atom. The molecular weight excluding hydrogens is 464 g/mol. The van der Waals surface area contributed by atoms with Crippen LogP contribution in [0.1, 0.15) is 24.8 Å². The largest absolute Gasteiger partial charge is 0.492 e. The van der Waals surface area contributed by atoms with Gasteiger partial charge in [0.05, 0.1) is 5.52 Å². The van der Waals surface area contributed by atoms with Gasteiger partial charge in [-0.25, -0.2) is 3.97 Å². The van der Waals surface area contributed by atoms with E-state index in [1.165, 1.54) is 34.6 Å². The minimum absolute atomic E-state index is 0.342. The molecule has 0 atom stereocenters. The second kappa shape index (κ2) is 8.71. The molecule has 32 heavy (non-hydrogen) atoms. The van der Waals surface area contributed by atoms with Gasteiger partial charge < -0.3 is 4.74 Å². The third-order valence-corrected chi connectivity index (χ3v) is 9.89. The predicted molar refractivity (Wildman–Crippen MR) is 132 cm³/mol. The molecule has 4 aromatic rings. The van der Waals surface area contributed by atoms with Crippen LogP contribution in [0.2, 0.25) is 5.02 Å². The molecule has 5 rings (SSSR count). The van der Waals surface area contributed by atoms with E-state index in [0.717, 1.165) is 46.4 Å². The van der Waals surface area contributed by atoms with Crippen molar-refractivity contribution < 1.29 is 13.2 Å². The molecule has 1 saturated heterocycles. The molecule has 3 heterocycles. The van der Waals surface area contributed by atoms with Gasteiger partial charge in [-0.3, -0.25) is 4.90 Å². The highest BCUT2D eigenvalue weighted by Crippen LogP contribution is 2.37. The monoisotopic (exact) mass is 488 g/mol. The van der Waals surface area contributed by atoms with Crippen LogP contribution in [0, 0.1) is 6.92 Å². The minimum Gasteiger partial charge on any atom is -0.492 e. The summed E-state index contributed by atoms with van der Waals surface area (Å²) in [6.07, 6.45) is 5.47. The highest BCUT2D eigenvalue weighted by atomic mass is 35.5. The standard InChI is InChI=1S/C24H25ClN2O3S2/c1-17-21-16-19(25)5-8-23(21)31-24(17)32(28,29)27-12-9-18-15-20(6-7-22(18)27)30-14-13-26-10-3-2-4-11-26/h5-9,12,15-16H,2-4,10-11,13-14H2,1H3. The Bertz CT molecular complexity index is 1390. The molecule has 1 aliphatic rings. The molecule has 0 unspecified atom stereocenters. The maximum atomic E-state index is 13.5. The average Bonchev–Trinajstić information content (AvgIpc) is 3.36. The Morgan fingerprint density at radius 2 is 1.88 bits per heavy atom. The van der Waals surface area contributed by atoms with Crippen molar-refractivity contribution in [3.05, 3.63) is 59.2 Å². The number of fused-ring (bicyclic) bond motifs is 2. The lowest BCUT2D eigenvalue weighted by Crippen LogP contribution is -2.33. The van der Waals surface area contributed by atoms with Gasteiger partial charge in [0.1, 0.15) is 16.6 Å². The molecule has 0 radical (unpaired) electrons. The summed E-state index contributed by atoms with van der Waals surface area (Å²) in [5.74, 6) is 0.761. The molecule has 0 amide bonds. The number of aryl methyl sites for hydroxylation is 1.